The molecule has 4 aliphatic heterocycles. The minimum Gasteiger partial charge on any atom is -0.377 e. The third kappa shape index (κ3) is 17.9. The van der Waals surface area contributed by atoms with E-state index in [0.717, 1.165) is 78.8 Å². The van der Waals surface area contributed by atoms with Gasteiger partial charge >= 0.3 is 0 Å². The summed E-state index contributed by atoms with van der Waals surface area (Å²) in [6.45, 7) is 27.2. The van der Waals surface area contributed by atoms with E-state index in [9.17, 15) is 38.0 Å². The van der Waals surface area contributed by atoms with E-state index in [2.05, 4.69) is 178 Å². The molecule has 2 aromatic carbocycles. The Morgan fingerprint density at radius 3 is 1.45 bits per heavy atom. The number of halogens is 5. The fourth-order valence-corrected chi connectivity index (χ4v) is 17.8. The normalized spacial score (nSPS) is 21.2. The van der Waals surface area contributed by atoms with E-state index in [4.69, 9.17) is 45.0 Å². The van der Waals surface area contributed by atoms with Gasteiger partial charge in [0.15, 0.2) is 45.7 Å². The van der Waals surface area contributed by atoms with E-state index >= 15 is 0 Å². The highest BCUT2D eigenvalue weighted by Gasteiger charge is 2.67. The molecule has 7 N–H and O–H groups in total. The Balaban J connectivity index is 0.000000125. The molecule has 121 heavy (non-hydrogen) atoms. The first-order chi connectivity index (χ1) is 57.7. The average molecular weight is 1720 g/mol. The van der Waals surface area contributed by atoms with Gasteiger partial charge in [-0.1, -0.05) is 79.1 Å². The van der Waals surface area contributed by atoms with Crippen molar-refractivity contribution < 1.29 is 66.4 Å². The topological polar surface area (TPSA) is 456 Å². The van der Waals surface area contributed by atoms with Crippen LogP contribution in [0.1, 0.15) is 122 Å². The zero-order valence-corrected chi connectivity index (χ0v) is 71.1. The van der Waals surface area contributed by atoms with Crippen molar-refractivity contribution in [2.75, 3.05) is 66.1 Å². The largest absolute Gasteiger partial charge is 0.377 e. The third-order valence-corrected chi connectivity index (χ3v) is 26.7. The Bertz CT molecular complexity index is 5360. The number of fused-ring (bicyclic) bond motifs is 10. The molecule has 4 saturated heterocycles. The van der Waals surface area contributed by atoms with Gasteiger partial charge in [-0.05, 0) is 132 Å². The molecule has 0 radical (unpaired) electrons. The van der Waals surface area contributed by atoms with Crippen LogP contribution < -0.4 is 0 Å². The lowest BCUT2D eigenvalue weighted by atomic mass is 9.66. The SMILES string of the molecule is CC1(C)[C@H]2CC[C@]1(c1ccnc(-n3cnc(C4(O)COC4)n3)n1)c1nnc(-c3c(F)cccc3F)cc12.CC1(C)[C@H]2CC[C@]1(c1ccnc(Cl)n1)c1nnc(-c3c(F)cccc3F)cc12.C[Si](C)(C)CCOCn1cncn1.C[Si](C)(C)CCOCn1ncnc1C1(O)COC1.OC1(c2ncn[nH]2)COC1.OC1(c2ncn[nH]2)COC1.c1nc[nH]n1. The van der Waals surface area contributed by atoms with Gasteiger partial charge in [-0.25, -0.2) is 76.8 Å². The lowest BCUT2D eigenvalue weighted by molar-refractivity contribution is -0.192. The van der Waals surface area contributed by atoms with Gasteiger partial charge in [-0.2, -0.15) is 40.4 Å². The molecule has 2 saturated carbocycles. The van der Waals surface area contributed by atoms with Crippen LogP contribution in [0.25, 0.3) is 28.5 Å². The molecule has 43 heteroatoms. The number of H-pyrrole nitrogens is 3. The molecule has 0 amide bonds. The van der Waals surface area contributed by atoms with Gasteiger partial charge in [0.05, 0.1) is 109 Å². The number of nitrogens with zero attached hydrogens (tertiary/aromatic N) is 23. The Labute approximate surface area is 699 Å². The van der Waals surface area contributed by atoms with Crippen LogP contribution in [0.5, 0.6) is 0 Å². The molecule has 8 aliphatic rings. The second-order valence-corrected chi connectivity index (χ2v) is 45.9. The molecule has 10 aromatic heterocycles. The summed E-state index contributed by atoms with van der Waals surface area (Å²) in [5, 5.41) is 88.2. The summed E-state index contributed by atoms with van der Waals surface area (Å²) >= 11 is 6.07. The van der Waals surface area contributed by atoms with Crippen LogP contribution >= 0.6 is 11.6 Å². The number of aromatic nitrogens is 26. The van der Waals surface area contributed by atoms with Crippen molar-refractivity contribution in [2.45, 2.75) is 163 Å². The summed E-state index contributed by atoms with van der Waals surface area (Å²) in [4.78, 5) is 41.1. The van der Waals surface area contributed by atoms with Crippen LogP contribution in [0.15, 0.2) is 124 Å². The van der Waals surface area contributed by atoms with Crippen molar-refractivity contribution in [1.82, 2.24) is 130 Å². The smallest absolute Gasteiger partial charge is 0.252 e. The van der Waals surface area contributed by atoms with Gasteiger partial charge in [-0.3, -0.25) is 15.3 Å². The molecule has 36 nitrogen and oxygen atoms in total. The second-order valence-electron chi connectivity index (χ2n) is 34.3. The van der Waals surface area contributed by atoms with E-state index in [0.29, 0.717) is 63.3 Å². The molecule has 20 rings (SSSR count). The lowest BCUT2D eigenvalue weighted by Gasteiger charge is -2.37. The highest BCUT2D eigenvalue weighted by Crippen LogP contribution is 2.71. The fraction of sp³-hybridized carbons (Fsp3) is 0.487. The van der Waals surface area contributed by atoms with Crippen molar-refractivity contribution in [2.24, 2.45) is 10.8 Å². The number of hydrogen-bond acceptors (Lipinski definition) is 30. The molecule has 6 fully saturated rings. The minimum absolute atomic E-state index is 0.121. The Kier molecular flexibility index (Phi) is 25.3. The molecule has 4 bridgehead atoms. The molecule has 14 heterocycles. The number of rotatable bonds is 19. The fourth-order valence-electron chi connectivity index (χ4n) is 16.2. The summed E-state index contributed by atoms with van der Waals surface area (Å²) in [7, 11) is -2.01. The minimum atomic E-state index is -1.20. The van der Waals surface area contributed by atoms with Gasteiger partial charge in [-0.15, -0.1) is 15.3 Å². The van der Waals surface area contributed by atoms with Crippen molar-refractivity contribution in [3.05, 3.63) is 209 Å². The molecule has 4 atom stereocenters. The highest BCUT2D eigenvalue weighted by atomic mass is 35.5. The summed E-state index contributed by atoms with van der Waals surface area (Å²) < 4.78 is 93.1. The molecule has 0 unspecified atom stereocenters. The lowest BCUT2D eigenvalue weighted by Crippen LogP contribution is -2.48. The maximum absolute atomic E-state index is 14.5. The van der Waals surface area contributed by atoms with Crippen LogP contribution in [0.2, 0.25) is 56.7 Å². The van der Waals surface area contributed by atoms with Crippen LogP contribution in [0.4, 0.5) is 17.6 Å². The zero-order chi connectivity index (χ0) is 85.8. The number of nitrogens with one attached hydrogen (secondary N) is 3. The van der Waals surface area contributed by atoms with Crippen LogP contribution in [-0.4, -0.2) is 233 Å². The first-order valence-electron chi connectivity index (χ1n) is 39.2. The zero-order valence-electron chi connectivity index (χ0n) is 68.3. The maximum atomic E-state index is 14.5. The molecule has 12 aromatic rings. The predicted molar refractivity (Wildman–Crippen MR) is 428 cm³/mol. The van der Waals surface area contributed by atoms with E-state index in [1.807, 2.05) is 12.1 Å². The van der Waals surface area contributed by atoms with Crippen LogP contribution in [0, 0.1) is 34.1 Å². The van der Waals surface area contributed by atoms with Gasteiger partial charge in [0, 0.05) is 41.8 Å². The van der Waals surface area contributed by atoms with E-state index in [1.54, 1.807) is 40.2 Å². The monoisotopic (exact) mass is 1720 g/mol. The summed E-state index contributed by atoms with van der Waals surface area (Å²) in [5.41, 5.74) is -0.269. The molecule has 640 valence electrons. The molecule has 4 aliphatic carbocycles. The van der Waals surface area contributed by atoms with Crippen molar-refractivity contribution in [3.8, 4) is 28.5 Å². The number of aliphatic hydroxyl groups is 4. The average Bonchev–Trinajstić information content (AvgIpc) is 1.52. The standard InChI is InChI=1S/C26H23F2N7O2.C21H17ClF2N4.C11H21N3O3Si.C8H17N3OSi.2C5H7N3O2.C2H3N3/c1-24(2)15-6-8-26(24,21-14(15)10-18(32-33-21)20-16(27)4-3-5-17(20)28)19-7-9-29-23(31-19)35-13-30-22(34-35)25(36)11-37-12-25;1-20(2)12-6-8-21(20,16-7-9-25-19(22)26-16)18-11(12)10-15(27-28-18)17-13(23)4-3-5-14(17)24;1-18(2,3)5-4-16-9-14-10(12-8-13-14)11(15)6-17-7-11;1-13(2,3)5-4-12-8-11-7-9-6-10-11;2*9-5(1-10-2-5)4-6-3-7-8-4;1-3-2-5-4-1/h3-5,7,9-10,13,15,36H,6,8,11-12H2,1-2H3;3-5,7,9-10,12H,6,8H2,1-2H3;8,15H,4-7,9H2,1-3H3;6-7H,4-5,8H2,1-3H3;2*3,9H,1-2H2,(H,6,7,8);1-2H,(H,3,4,5)/t15-,26-;12-,21-;;;;;/m00...../s1. The molecular formula is C78H95ClF4N26O10Si2. The quantitative estimate of drug-likeness (QED) is 0.0172. The number of aromatic amines is 3. The predicted octanol–water partition coefficient (Wildman–Crippen LogP) is 8.53. The van der Waals surface area contributed by atoms with Crippen molar-refractivity contribution in [1.29, 1.82) is 0 Å². The first kappa shape index (κ1) is 87.0. The Hall–Kier alpha value is -10.4. The van der Waals surface area contributed by atoms with E-state index < -0.39 is 72.7 Å². The Morgan fingerprint density at radius 2 is 1.02 bits per heavy atom. The maximum Gasteiger partial charge on any atom is 0.252 e. The summed E-state index contributed by atoms with van der Waals surface area (Å²) in [5.74, 6) is -0.232. The molecule has 0 spiro atoms. The summed E-state index contributed by atoms with van der Waals surface area (Å²) in [6.07, 6.45) is 18.6. The second kappa shape index (κ2) is 35.2. The molecular weight excluding hydrogens is 1630 g/mol. The highest BCUT2D eigenvalue weighted by molar-refractivity contribution is 6.76. The van der Waals surface area contributed by atoms with Gasteiger partial charge < -0.3 is 48.8 Å². The van der Waals surface area contributed by atoms with Gasteiger partial charge in [0.1, 0.15) is 87.3 Å². The van der Waals surface area contributed by atoms with Gasteiger partial charge in [0.25, 0.3) is 5.95 Å². The summed E-state index contributed by atoms with van der Waals surface area (Å²) in [6, 6.07) is 17.2. The Morgan fingerprint density at radius 1 is 0.529 bits per heavy atom. The van der Waals surface area contributed by atoms with Crippen molar-refractivity contribution >= 4 is 27.7 Å². The van der Waals surface area contributed by atoms with Crippen LogP contribution in [0.3, 0.4) is 0 Å². The van der Waals surface area contributed by atoms with Crippen molar-refractivity contribution in [3.63, 3.8) is 0 Å². The first-order valence-corrected chi connectivity index (χ1v) is 47.0. The third-order valence-electron chi connectivity index (χ3n) is 23.2. The van der Waals surface area contributed by atoms with Gasteiger partial charge in [0.2, 0.25) is 5.28 Å². The van der Waals surface area contributed by atoms with Crippen LogP contribution in [-0.2, 0) is 75.1 Å². The number of hydrogen-bond donors (Lipinski definition) is 7. The number of benzene rings is 2. The van der Waals surface area contributed by atoms with E-state index in [1.165, 1.54) is 91.4 Å². The number of ether oxygens (including phenoxy) is 6. The van der Waals surface area contributed by atoms with E-state index in [-0.39, 0.29) is 82.7 Å².